The molecule has 0 bridgehead atoms. The average molecular weight is 492 g/mol. The van der Waals surface area contributed by atoms with Crippen LogP contribution in [0.15, 0.2) is 30.3 Å². The monoisotopic (exact) mass is 491 g/mol. The number of fused-ring (bicyclic) bond motifs is 1. The van der Waals surface area contributed by atoms with Gasteiger partial charge in [-0.05, 0) is 74.4 Å². The van der Waals surface area contributed by atoms with Gasteiger partial charge >= 0.3 is 0 Å². The SMILES string of the molecule is CCCN1C(=O)c2[nH]nc(-c3c(C)cc(C)cc3O)c2C1c1ccc(OCCC(C)C)c(OCC)c1. The number of hydrogen-bond donors (Lipinski definition) is 2. The van der Waals surface area contributed by atoms with Crippen molar-refractivity contribution >= 4 is 5.91 Å². The number of aromatic hydroxyl groups is 1. The van der Waals surface area contributed by atoms with E-state index in [9.17, 15) is 9.90 Å². The van der Waals surface area contributed by atoms with E-state index in [-0.39, 0.29) is 17.7 Å². The summed E-state index contributed by atoms with van der Waals surface area (Å²) in [6, 6.07) is 9.30. The van der Waals surface area contributed by atoms with Gasteiger partial charge in [0.25, 0.3) is 5.91 Å². The summed E-state index contributed by atoms with van der Waals surface area (Å²) in [4.78, 5) is 15.3. The first-order valence-corrected chi connectivity index (χ1v) is 12.9. The fourth-order valence-corrected chi connectivity index (χ4v) is 4.95. The Morgan fingerprint density at radius 2 is 1.89 bits per heavy atom. The molecule has 0 saturated heterocycles. The molecule has 2 heterocycles. The van der Waals surface area contributed by atoms with Crippen LogP contribution in [0.4, 0.5) is 0 Å². The van der Waals surface area contributed by atoms with Crippen molar-refractivity contribution in [3.63, 3.8) is 0 Å². The first-order chi connectivity index (χ1) is 17.3. The molecule has 1 atom stereocenters. The first-order valence-electron chi connectivity index (χ1n) is 12.9. The molecule has 1 amide bonds. The molecule has 7 heteroatoms. The van der Waals surface area contributed by atoms with Gasteiger partial charge in [-0.25, -0.2) is 0 Å². The molecule has 36 heavy (non-hydrogen) atoms. The molecular weight excluding hydrogens is 454 g/mol. The fourth-order valence-electron chi connectivity index (χ4n) is 4.95. The predicted octanol–water partition coefficient (Wildman–Crippen LogP) is 6.18. The molecule has 1 unspecified atom stereocenters. The highest BCUT2D eigenvalue weighted by atomic mass is 16.5. The summed E-state index contributed by atoms with van der Waals surface area (Å²) >= 11 is 0. The number of hydrogen-bond acceptors (Lipinski definition) is 5. The van der Waals surface area contributed by atoms with Gasteiger partial charge in [-0.3, -0.25) is 9.89 Å². The first kappa shape index (κ1) is 25.6. The van der Waals surface area contributed by atoms with Crippen molar-refractivity contribution in [1.82, 2.24) is 15.1 Å². The van der Waals surface area contributed by atoms with Crippen molar-refractivity contribution in [2.75, 3.05) is 19.8 Å². The lowest BCUT2D eigenvalue weighted by Gasteiger charge is -2.27. The number of ether oxygens (including phenoxy) is 2. The van der Waals surface area contributed by atoms with Crippen LogP contribution in [-0.2, 0) is 0 Å². The van der Waals surface area contributed by atoms with Crippen LogP contribution in [-0.4, -0.2) is 45.9 Å². The highest BCUT2D eigenvalue weighted by Crippen LogP contribution is 2.46. The number of aromatic amines is 1. The Balaban J connectivity index is 1.82. The molecule has 7 nitrogen and oxygen atoms in total. The Morgan fingerprint density at radius 3 is 2.56 bits per heavy atom. The summed E-state index contributed by atoms with van der Waals surface area (Å²) in [5.41, 5.74) is 5.30. The number of amides is 1. The van der Waals surface area contributed by atoms with Crippen LogP contribution < -0.4 is 9.47 Å². The van der Waals surface area contributed by atoms with Crippen LogP contribution in [0.25, 0.3) is 11.3 Å². The van der Waals surface area contributed by atoms with Gasteiger partial charge in [0.05, 0.1) is 19.3 Å². The largest absolute Gasteiger partial charge is 0.507 e. The highest BCUT2D eigenvalue weighted by molar-refractivity contribution is 6.00. The summed E-state index contributed by atoms with van der Waals surface area (Å²) < 4.78 is 12.0. The van der Waals surface area contributed by atoms with Gasteiger partial charge in [-0.15, -0.1) is 0 Å². The van der Waals surface area contributed by atoms with Crippen LogP contribution in [0, 0.1) is 19.8 Å². The van der Waals surface area contributed by atoms with E-state index in [1.165, 1.54) is 0 Å². The molecular formula is C29H37N3O4. The quantitative estimate of drug-likeness (QED) is 0.354. The molecule has 1 aliphatic rings. The Bertz CT molecular complexity index is 1220. The maximum absolute atomic E-state index is 13.5. The van der Waals surface area contributed by atoms with E-state index in [2.05, 4.69) is 31.0 Å². The van der Waals surface area contributed by atoms with Crippen LogP contribution in [0.1, 0.15) is 79.3 Å². The highest BCUT2D eigenvalue weighted by Gasteiger charge is 2.42. The van der Waals surface area contributed by atoms with Gasteiger partial charge in [0.1, 0.15) is 17.1 Å². The Labute approximate surface area is 213 Å². The summed E-state index contributed by atoms with van der Waals surface area (Å²) in [7, 11) is 0. The lowest BCUT2D eigenvalue weighted by Crippen LogP contribution is -2.30. The van der Waals surface area contributed by atoms with Gasteiger partial charge in [0.2, 0.25) is 0 Å². The standard InChI is InChI=1S/C29H37N3O4/c1-7-12-32-28(20-9-10-22(23(16-20)35-8-2)36-13-11-17(3)4)25-26(30-31-27(25)29(32)34)24-19(6)14-18(5)15-21(24)33/h9-10,14-17,28,33H,7-8,11-13H2,1-6H3,(H,30,31). The van der Waals surface area contributed by atoms with Gasteiger partial charge in [0.15, 0.2) is 11.5 Å². The number of phenols is 1. The van der Waals surface area contributed by atoms with E-state index in [1.54, 1.807) is 6.07 Å². The number of nitrogens with zero attached hydrogens (tertiary/aromatic N) is 2. The van der Waals surface area contributed by atoms with Gasteiger partial charge < -0.3 is 19.5 Å². The normalized spacial score (nSPS) is 15.0. The molecule has 0 saturated carbocycles. The van der Waals surface area contributed by atoms with Crippen molar-refractivity contribution in [1.29, 1.82) is 0 Å². The topological polar surface area (TPSA) is 87.7 Å². The Kier molecular flexibility index (Phi) is 7.57. The molecule has 0 radical (unpaired) electrons. The minimum atomic E-state index is -0.356. The summed E-state index contributed by atoms with van der Waals surface area (Å²) in [5, 5.41) is 18.3. The number of rotatable bonds is 10. The molecule has 1 aliphatic heterocycles. The number of phenolic OH excluding ortho intramolecular Hbond substituents is 1. The van der Waals surface area contributed by atoms with E-state index in [0.29, 0.717) is 54.1 Å². The third kappa shape index (κ3) is 4.79. The maximum atomic E-state index is 13.5. The number of H-pyrrole nitrogens is 1. The molecule has 4 rings (SSSR count). The molecule has 1 aromatic heterocycles. The van der Waals surface area contributed by atoms with E-state index < -0.39 is 0 Å². The van der Waals surface area contributed by atoms with Gasteiger partial charge in [0, 0.05) is 17.7 Å². The van der Waals surface area contributed by atoms with E-state index >= 15 is 0 Å². The zero-order chi connectivity index (χ0) is 26.0. The minimum absolute atomic E-state index is 0.0879. The average Bonchev–Trinajstić information content (AvgIpc) is 3.34. The third-order valence-electron chi connectivity index (χ3n) is 6.56. The van der Waals surface area contributed by atoms with Crippen LogP contribution in [0.2, 0.25) is 0 Å². The Morgan fingerprint density at radius 1 is 1.11 bits per heavy atom. The second-order valence-corrected chi connectivity index (χ2v) is 9.91. The van der Waals surface area contributed by atoms with Crippen molar-refractivity contribution in [3.8, 4) is 28.5 Å². The number of nitrogens with one attached hydrogen (secondary N) is 1. The minimum Gasteiger partial charge on any atom is -0.507 e. The van der Waals surface area contributed by atoms with E-state index in [4.69, 9.17) is 9.47 Å². The molecule has 0 spiro atoms. The summed E-state index contributed by atoms with van der Waals surface area (Å²) in [6.45, 7) is 14.0. The Hall–Kier alpha value is -3.48. The third-order valence-corrected chi connectivity index (χ3v) is 6.56. The van der Waals surface area contributed by atoms with Crippen LogP contribution >= 0.6 is 0 Å². The number of aromatic nitrogens is 2. The molecule has 2 N–H and O–H groups in total. The molecule has 192 valence electrons. The zero-order valence-corrected chi connectivity index (χ0v) is 22.1. The number of carbonyl (C=O) groups is 1. The predicted molar refractivity (Wildman–Crippen MR) is 141 cm³/mol. The lowest BCUT2D eigenvalue weighted by molar-refractivity contribution is 0.0743. The van der Waals surface area contributed by atoms with Crippen LogP contribution in [0.3, 0.4) is 0 Å². The smallest absolute Gasteiger partial charge is 0.273 e. The molecule has 3 aromatic rings. The number of aryl methyl sites for hydroxylation is 2. The number of carbonyl (C=O) groups excluding carboxylic acids is 1. The van der Waals surface area contributed by atoms with E-state index in [1.807, 2.05) is 49.9 Å². The molecule has 0 fully saturated rings. The van der Waals surface area contributed by atoms with Crippen molar-refractivity contribution < 1.29 is 19.4 Å². The maximum Gasteiger partial charge on any atom is 0.273 e. The van der Waals surface area contributed by atoms with Gasteiger partial charge in [-0.1, -0.05) is 32.9 Å². The van der Waals surface area contributed by atoms with Gasteiger partial charge in [-0.2, -0.15) is 5.10 Å². The van der Waals surface area contributed by atoms with Crippen LogP contribution in [0.5, 0.6) is 17.2 Å². The fraction of sp³-hybridized carbons (Fsp3) is 0.448. The lowest BCUT2D eigenvalue weighted by atomic mass is 9.93. The van der Waals surface area contributed by atoms with Crippen molar-refractivity contribution in [2.45, 2.75) is 60.4 Å². The second-order valence-electron chi connectivity index (χ2n) is 9.91. The zero-order valence-electron chi connectivity index (χ0n) is 22.1. The summed E-state index contributed by atoms with van der Waals surface area (Å²) in [5.74, 6) is 1.98. The molecule has 0 aliphatic carbocycles. The second kappa shape index (κ2) is 10.6. The summed E-state index contributed by atoms with van der Waals surface area (Å²) in [6.07, 6.45) is 1.77. The van der Waals surface area contributed by atoms with Crippen molar-refractivity contribution in [3.05, 3.63) is 58.3 Å². The van der Waals surface area contributed by atoms with E-state index in [0.717, 1.165) is 35.1 Å². The molecule has 2 aromatic carbocycles. The number of benzene rings is 2. The van der Waals surface area contributed by atoms with Crippen molar-refractivity contribution in [2.24, 2.45) is 5.92 Å².